The molecule has 0 aliphatic heterocycles. The second-order valence-corrected chi connectivity index (χ2v) is 5.63. The van der Waals surface area contributed by atoms with Crippen molar-refractivity contribution in [3.8, 4) is 5.75 Å². The molecule has 0 aliphatic carbocycles. The van der Waals surface area contributed by atoms with Crippen molar-refractivity contribution in [2.45, 2.75) is 46.7 Å². The predicted octanol–water partition coefficient (Wildman–Crippen LogP) is 2.74. The molecule has 0 aromatic heterocycles. The predicted molar refractivity (Wildman–Crippen MR) is 86.6 cm³/mol. The minimum atomic E-state index is 0.000667. The van der Waals surface area contributed by atoms with Crippen molar-refractivity contribution < 1.29 is 9.53 Å². The van der Waals surface area contributed by atoms with Crippen molar-refractivity contribution in [1.29, 1.82) is 0 Å². The van der Waals surface area contributed by atoms with Gasteiger partial charge in [0.05, 0.1) is 0 Å². The van der Waals surface area contributed by atoms with Crippen LogP contribution in [-0.4, -0.2) is 37.0 Å². The number of rotatable bonds is 8. The first-order valence-corrected chi connectivity index (χ1v) is 7.65. The molecule has 0 heterocycles. The Bertz CT molecular complexity index is 458. The number of para-hydroxylation sites is 1. The van der Waals surface area contributed by atoms with Gasteiger partial charge in [-0.3, -0.25) is 4.79 Å². The molecule has 21 heavy (non-hydrogen) atoms. The van der Waals surface area contributed by atoms with Crippen molar-refractivity contribution in [2.24, 2.45) is 0 Å². The van der Waals surface area contributed by atoms with E-state index in [4.69, 9.17) is 4.74 Å². The van der Waals surface area contributed by atoms with Gasteiger partial charge in [-0.05, 0) is 39.3 Å². The van der Waals surface area contributed by atoms with Crippen molar-refractivity contribution in [1.82, 2.24) is 10.2 Å². The quantitative estimate of drug-likeness (QED) is 0.749. The lowest BCUT2D eigenvalue weighted by atomic mass is 10.1. The molecule has 0 atom stereocenters. The third-order valence-electron chi connectivity index (χ3n) is 3.54. The molecule has 1 rings (SSSR count). The van der Waals surface area contributed by atoms with E-state index in [-0.39, 0.29) is 18.6 Å². The monoisotopic (exact) mass is 292 g/mol. The SMILES string of the molecule is CCCNCc1cccc(C)c1OCC(=O)N(C)C(C)C. The first-order valence-electron chi connectivity index (χ1n) is 7.65. The second kappa shape index (κ2) is 8.67. The Hall–Kier alpha value is -1.55. The number of nitrogens with one attached hydrogen (secondary N) is 1. The van der Waals surface area contributed by atoms with E-state index in [1.165, 1.54) is 0 Å². The van der Waals surface area contributed by atoms with Crippen LogP contribution in [0.5, 0.6) is 5.75 Å². The number of likely N-dealkylation sites (N-methyl/N-ethyl adjacent to an activating group) is 1. The highest BCUT2D eigenvalue weighted by Crippen LogP contribution is 2.23. The van der Waals surface area contributed by atoms with Gasteiger partial charge >= 0.3 is 0 Å². The second-order valence-electron chi connectivity index (χ2n) is 5.63. The van der Waals surface area contributed by atoms with Gasteiger partial charge in [0.2, 0.25) is 0 Å². The van der Waals surface area contributed by atoms with Crippen LogP contribution in [0.4, 0.5) is 0 Å². The zero-order valence-corrected chi connectivity index (χ0v) is 13.9. The summed E-state index contributed by atoms with van der Waals surface area (Å²) in [7, 11) is 1.80. The van der Waals surface area contributed by atoms with Gasteiger partial charge in [0.15, 0.2) is 6.61 Å². The molecule has 0 saturated heterocycles. The van der Waals surface area contributed by atoms with Crippen LogP contribution in [-0.2, 0) is 11.3 Å². The van der Waals surface area contributed by atoms with Gasteiger partial charge in [0, 0.05) is 25.2 Å². The molecule has 0 fully saturated rings. The summed E-state index contributed by atoms with van der Waals surface area (Å²) in [5.74, 6) is 0.826. The molecule has 4 heteroatoms. The van der Waals surface area contributed by atoms with Crippen LogP contribution in [0.15, 0.2) is 18.2 Å². The lowest BCUT2D eigenvalue weighted by Crippen LogP contribution is -2.36. The number of hydrogen-bond acceptors (Lipinski definition) is 3. The number of carbonyl (C=O) groups excluding carboxylic acids is 1. The summed E-state index contributed by atoms with van der Waals surface area (Å²) >= 11 is 0. The van der Waals surface area contributed by atoms with Crippen molar-refractivity contribution in [3.63, 3.8) is 0 Å². The Morgan fingerprint density at radius 3 is 2.71 bits per heavy atom. The Morgan fingerprint density at radius 1 is 1.38 bits per heavy atom. The maximum absolute atomic E-state index is 12.0. The lowest BCUT2D eigenvalue weighted by molar-refractivity contribution is -0.133. The average Bonchev–Trinajstić information content (AvgIpc) is 2.45. The van der Waals surface area contributed by atoms with E-state index in [0.29, 0.717) is 0 Å². The largest absolute Gasteiger partial charge is 0.483 e. The molecule has 1 aromatic carbocycles. The van der Waals surface area contributed by atoms with Crippen LogP contribution in [0.2, 0.25) is 0 Å². The van der Waals surface area contributed by atoms with Crippen LogP contribution >= 0.6 is 0 Å². The maximum Gasteiger partial charge on any atom is 0.260 e. The molecule has 0 saturated carbocycles. The van der Waals surface area contributed by atoms with E-state index in [2.05, 4.69) is 12.2 Å². The first-order chi connectivity index (χ1) is 9.97. The van der Waals surface area contributed by atoms with Crippen LogP contribution < -0.4 is 10.1 Å². The number of hydrogen-bond donors (Lipinski definition) is 1. The topological polar surface area (TPSA) is 41.6 Å². The van der Waals surface area contributed by atoms with E-state index in [9.17, 15) is 4.79 Å². The van der Waals surface area contributed by atoms with E-state index < -0.39 is 0 Å². The molecule has 1 aromatic rings. The van der Waals surface area contributed by atoms with E-state index in [1.807, 2.05) is 39.0 Å². The molecule has 0 unspecified atom stereocenters. The number of amides is 1. The fourth-order valence-electron chi connectivity index (χ4n) is 1.98. The standard InChI is InChI=1S/C17H28N2O2/c1-6-10-18-11-15-9-7-8-14(4)17(15)21-12-16(20)19(5)13(2)3/h7-9,13,18H,6,10-12H2,1-5H3. The van der Waals surface area contributed by atoms with Gasteiger partial charge in [-0.25, -0.2) is 0 Å². The van der Waals surface area contributed by atoms with Gasteiger partial charge in [-0.2, -0.15) is 0 Å². The minimum Gasteiger partial charge on any atom is -0.483 e. The van der Waals surface area contributed by atoms with E-state index in [1.54, 1.807) is 11.9 Å². The molecule has 1 amide bonds. The van der Waals surface area contributed by atoms with Gasteiger partial charge in [-0.1, -0.05) is 25.1 Å². The van der Waals surface area contributed by atoms with Crippen LogP contribution in [0.1, 0.15) is 38.3 Å². The highest BCUT2D eigenvalue weighted by molar-refractivity contribution is 5.77. The zero-order valence-electron chi connectivity index (χ0n) is 13.9. The highest BCUT2D eigenvalue weighted by Gasteiger charge is 2.14. The fourth-order valence-corrected chi connectivity index (χ4v) is 1.98. The summed E-state index contributed by atoms with van der Waals surface area (Å²) < 4.78 is 5.80. The zero-order chi connectivity index (χ0) is 15.8. The summed E-state index contributed by atoms with van der Waals surface area (Å²) in [6, 6.07) is 6.26. The van der Waals surface area contributed by atoms with Crippen LogP contribution in [0, 0.1) is 6.92 Å². The van der Waals surface area contributed by atoms with Crippen molar-refractivity contribution >= 4 is 5.91 Å². The third-order valence-corrected chi connectivity index (χ3v) is 3.54. The number of ether oxygens (including phenoxy) is 1. The van der Waals surface area contributed by atoms with Gasteiger partial charge in [0.25, 0.3) is 5.91 Å². The third kappa shape index (κ3) is 5.38. The summed E-state index contributed by atoms with van der Waals surface area (Å²) in [5.41, 5.74) is 2.16. The minimum absolute atomic E-state index is 0.000667. The Morgan fingerprint density at radius 2 is 2.10 bits per heavy atom. The highest BCUT2D eigenvalue weighted by atomic mass is 16.5. The lowest BCUT2D eigenvalue weighted by Gasteiger charge is -2.22. The molecule has 118 valence electrons. The van der Waals surface area contributed by atoms with Crippen molar-refractivity contribution in [3.05, 3.63) is 29.3 Å². The Balaban J connectivity index is 2.71. The van der Waals surface area contributed by atoms with Gasteiger partial charge in [0.1, 0.15) is 5.75 Å². The molecular weight excluding hydrogens is 264 g/mol. The van der Waals surface area contributed by atoms with Gasteiger partial charge in [-0.15, -0.1) is 0 Å². The van der Waals surface area contributed by atoms with Crippen molar-refractivity contribution in [2.75, 3.05) is 20.2 Å². The normalized spacial score (nSPS) is 10.8. The smallest absolute Gasteiger partial charge is 0.260 e. The number of aryl methyl sites for hydroxylation is 1. The fraction of sp³-hybridized carbons (Fsp3) is 0.588. The Labute approximate surface area is 128 Å². The molecule has 4 nitrogen and oxygen atoms in total. The molecule has 0 bridgehead atoms. The number of benzene rings is 1. The molecule has 1 N–H and O–H groups in total. The summed E-state index contributed by atoms with van der Waals surface area (Å²) in [4.78, 5) is 13.7. The maximum atomic E-state index is 12.0. The molecule has 0 aliphatic rings. The van der Waals surface area contributed by atoms with E-state index >= 15 is 0 Å². The van der Waals surface area contributed by atoms with Gasteiger partial charge < -0.3 is 15.0 Å². The number of nitrogens with zero attached hydrogens (tertiary/aromatic N) is 1. The average molecular weight is 292 g/mol. The van der Waals surface area contributed by atoms with Crippen LogP contribution in [0.3, 0.4) is 0 Å². The summed E-state index contributed by atoms with van der Waals surface area (Å²) in [6.07, 6.45) is 1.10. The van der Waals surface area contributed by atoms with Crippen LogP contribution in [0.25, 0.3) is 0 Å². The first kappa shape index (κ1) is 17.5. The summed E-state index contributed by atoms with van der Waals surface area (Å²) in [6.45, 7) is 9.95. The van der Waals surface area contributed by atoms with E-state index in [0.717, 1.165) is 36.4 Å². The number of carbonyl (C=O) groups is 1. The molecule has 0 radical (unpaired) electrons. The summed E-state index contributed by atoms with van der Waals surface area (Å²) in [5, 5.41) is 3.37. The molecular formula is C17H28N2O2. The Kier molecular flexibility index (Phi) is 7.23. The molecule has 0 spiro atoms.